The van der Waals surface area contributed by atoms with Gasteiger partial charge in [-0.05, 0) is 74.5 Å². The number of piperidine rings is 1. The van der Waals surface area contributed by atoms with Crippen molar-refractivity contribution in [2.45, 2.75) is 52.0 Å². The molecule has 1 saturated heterocycles. The minimum Gasteiger partial charge on any atom is -0.506 e. The molecule has 1 aromatic carbocycles. The van der Waals surface area contributed by atoms with Crippen molar-refractivity contribution in [1.82, 2.24) is 9.88 Å². The first-order chi connectivity index (χ1) is 13.4. The predicted octanol–water partition coefficient (Wildman–Crippen LogP) is 3.55. The largest absolute Gasteiger partial charge is 0.506 e. The molecule has 1 aliphatic heterocycles. The molecule has 0 radical (unpaired) electrons. The van der Waals surface area contributed by atoms with E-state index in [4.69, 9.17) is 0 Å². The normalized spacial score (nSPS) is 16.0. The number of carbonyl (C=O) groups is 1. The van der Waals surface area contributed by atoms with Crippen LogP contribution >= 0.6 is 0 Å². The maximum absolute atomic E-state index is 13.0. The van der Waals surface area contributed by atoms with E-state index >= 15 is 0 Å². The van der Waals surface area contributed by atoms with Gasteiger partial charge in [-0.25, -0.2) is 0 Å². The fourth-order valence-electron chi connectivity index (χ4n) is 3.67. The van der Waals surface area contributed by atoms with E-state index in [1.807, 2.05) is 12.1 Å². The number of benzene rings is 1. The summed E-state index contributed by atoms with van der Waals surface area (Å²) in [4.78, 5) is 26.0. The number of phenols is 1. The van der Waals surface area contributed by atoms with Gasteiger partial charge < -0.3 is 20.3 Å². The number of hydrogen-bond donors (Lipinski definition) is 3. The number of aryl methyl sites for hydroxylation is 1. The van der Waals surface area contributed by atoms with Gasteiger partial charge in [0.25, 0.3) is 11.5 Å². The molecule has 6 heteroatoms. The molecule has 1 aliphatic rings. The molecule has 1 atom stereocenters. The molecule has 3 N–H and O–H groups in total. The Labute approximate surface area is 165 Å². The topological polar surface area (TPSA) is 83.4 Å². The van der Waals surface area contributed by atoms with Crippen LogP contribution in [0.4, 0.5) is 5.69 Å². The van der Waals surface area contributed by atoms with Gasteiger partial charge in [-0.3, -0.25) is 9.59 Å². The summed E-state index contributed by atoms with van der Waals surface area (Å²) < 4.78 is 1.68. The molecule has 0 spiro atoms. The molecular formula is C22H29N3O3. The third-order valence-corrected chi connectivity index (χ3v) is 5.71. The van der Waals surface area contributed by atoms with Crippen LogP contribution in [0.5, 0.6) is 5.75 Å². The van der Waals surface area contributed by atoms with Crippen molar-refractivity contribution >= 4 is 11.6 Å². The number of phenolic OH excluding ortho intramolecular Hbond substituents is 1. The van der Waals surface area contributed by atoms with Crippen molar-refractivity contribution < 1.29 is 9.90 Å². The highest BCUT2D eigenvalue weighted by Gasteiger charge is 2.22. The number of rotatable bonds is 5. The van der Waals surface area contributed by atoms with Gasteiger partial charge in [0.1, 0.15) is 11.3 Å². The zero-order valence-electron chi connectivity index (χ0n) is 16.8. The highest BCUT2D eigenvalue weighted by Crippen LogP contribution is 2.29. The lowest BCUT2D eigenvalue weighted by Crippen LogP contribution is -2.37. The lowest BCUT2D eigenvalue weighted by atomic mass is 9.98. The van der Waals surface area contributed by atoms with Crippen LogP contribution in [0.15, 0.2) is 35.3 Å². The van der Waals surface area contributed by atoms with Gasteiger partial charge in [-0.15, -0.1) is 0 Å². The van der Waals surface area contributed by atoms with Crippen molar-refractivity contribution in [3.8, 4) is 5.75 Å². The molecule has 1 unspecified atom stereocenters. The summed E-state index contributed by atoms with van der Waals surface area (Å²) in [6.07, 6.45) is 4.46. The van der Waals surface area contributed by atoms with Crippen LogP contribution in [-0.4, -0.2) is 28.7 Å². The standard InChI is InChI=1S/C22H29N3O3/c1-4-14(2)16-5-6-19(26)18(13-16)24-21(27)20-15(3)9-12-25(22(20)28)17-7-10-23-11-8-17/h5-6,9,12-14,17,23,26H,4,7-8,10-11H2,1-3H3,(H,24,27). The second-order valence-corrected chi connectivity index (χ2v) is 7.61. The van der Waals surface area contributed by atoms with Crippen LogP contribution in [0, 0.1) is 6.92 Å². The molecule has 0 aliphatic carbocycles. The highest BCUT2D eigenvalue weighted by atomic mass is 16.3. The molecule has 150 valence electrons. The Hall–Kier alpha value is -2.60. The first-order valence-electron chi connectivity index (χ1n) is 9.99. The Bertz CT molecular complexity index is 914. The average molecular weight is 383 g/mol. The molecule has 1 fully saturated rings. The SMILES string of the molecule is CCC(C)c1ccc(O)c(NC(=O)c2c(C)ccn(C3CCNCC3)c2=O)c1. The van der Waals surface area contributed by atoms with Gasteiger partial charge in [0.15, 0.2) is 0 Å². The van der Waals surface area contributed by atoms with E-state index in [1.54, 1.807) is 29.8 Å². The number of aromatic nitrogens is 1. The Morgan fingerprint density at radius 2 is 2.04 bits per heavy atom. The van der Waals surface area contributed by atoms with Crippen LogP contribution in [0.2, 0.25) is 0 Å². The zero-order valence-corrected chi connectivity index (χ0v) is 16.8. The highest BCUT2D eigenvalue weighted by molar-refractivity contribution is 6.05. The van der Waals surface area contributed by atoms with Gasteiger partial charge in [0, 0.05) is 12.2 Å². The van der Waals surface area contributed by atoms with Crippen molar-refractivity contribution in [3.05, 3.63) is 57.5 Å². The van der Waals surface area contributed by atoms with Gasteiger partial charge in [-0.1, -0.05) is 19.9 Å². The molecular weight excluding hydrogens is 354 g/mol. The number of carbonyl (C=O) groups excluding carboxylic acids is 1. The first kappa shape index (κ1) is 20.1. The smallest absolute Gasteiger partial charge is 0.263 e. The van der Waals surface area contributed by atoms with Crippen molar-refractivity contribution in [1.29, 1.82) is 0 Å². The van der Waals surface area contributed by atoms with Crippen LogP contribution in [-0.2, 0) is 0 Å². The average Bonchev–Trinajstić information content (AvgIpc) is 2.70. The Morgan fingerprint density at radius 1 is 1.32 bits per heavy atom. The lowest BCUT2D eigenvalue weighted by molar-refractivity contribution is 0.102. The van der Waals surface area contributed by atoms with Crippen LogP contribution in [0.1, 0.15) is 66.6 Å². The van der Waals surface area contributed by atoms with E-state index in [2.05, 4.69) is 24.5 Å². The monoisotopic (exact) mass is 383 g/mol. The Morgan fingerprint density at radius 3 is 2.71 bits per heavy atom. The zero-order chi connectivity index (χ0) is 20.3. The molecule has 0 saturated carbocycles. The third kappa shape index (κ3) is 4.12. The summed E-state index contributed by atoms with van der Waals surface area (Å²) >= 11 is 0. The molecule has 1 amide bonds. The summed E-state index contributed by atoms with van der Waals surface area (Å²) in [6, 6.07) is 7.14. The molecule has 2 aromatic rings. The predicted molar refractivity (Wildman–Crippen MR) is 111 cm³/mol. The van der Waals surface area contributed by atoms with E-state index in [0.717, 1.165) is 37.9 Å². The third-order valence-electron chi connectivity index (χ3n) is 5.71. The number of aromatic hydroxyl groups is 1. The van der Waals surface area contributed by atoms with Crippen LogP contribution in [0.3, 0.4) is 0 Å². The number of amides is 1. The first-order valence-corrected chi connectivity index (χ1v) is 9.99. The molecule has 2 heterocycles. The van der Waals surface area contributed by atoms with Crippen molar-refractivity contribution in [2.75, 3.05) is 18.4 Å². The van der Waals surface area contributed by atoms with Gasteiger partial charge in [-0.2, -0.15) is 0 Å². The van der Waals surface area contributed by atoms with Gasteiger partial charge in [0.05, 0.1) is 5.69 Å². The summed E-state index contributed by atoms with van der Waals surface area (Å²) in [6.45, 7) is 7.67. The lowest BCUT2D eigenvalue weighted by Gasteiger charge is -2.25. The Kier molecular flexibility index (Phi) is 6.19. The number of nitrogens with one attached hydrogen (secondary N) is 2. The quantitative estimate of drug-likeness (QED) is 0.690. The minimum atomic E-state index is -0.484. The van der Waals surface area contributed by atoms with Crippen LogP contribution in [0.25, 0.3) is 0 Å². The van der Waals surface area contributed by atoms with Gasteiger partial charge >= 0.3 is 0 Å². The fraction of sp³-hybridized carbons (Fsp3) is 0.455. The van der Waals surface area contributed by atoms with Gasteiger partial charge in [0.2, 0.25) is 0 Å². The number of hydrogen-bond acceptors (Lipinski definition) is 4. The summed E-state index contributed by atoms with van der Waals surface area (Å²) in [7, 11) is 0. The van der Waals surface area contributed by atoms with E-state index in [9.17, 15) is 14.7 Å². The van der Waals surface area contributed by atoms with Crippen LogP contribution < -0.4 is 16.2 Å². The molecule has 6 nitrogen and oxygen atoms in total. The Balaban J connectivity index is 1.92. The number of anilines is 1. The van der Waals surface area contributed by atoms with Crippen molar-refractivity contribution in [2.24, 2.45) is 0 Å². The second-order valence-electron chi connectivity index (χ2n) is 7.61. The molecule has 1 aromatic heterocycles. The minimum absolute atomic E-state index is 0.00679. The second kappa shape index (κ2) is 8.61. The maximum atomic E-state index is 13.0. The van der Waals surface area contributed by atoms with Crippen molar-refractivity contribution in [3.63, 3.8) is 0 Å². The summed E-state index contributed by atoms with van der Waals surface area (Å²) in [5.74, 6) is -0.179. The molecule has 3 rings (SSSR count). The van der Waals surface area contributed by atoms with E-state index < -0.39 is 5.91 Å². The molecule has 28 heavy (non-hydrogen) atoms. The van der Waals surface area contributed by atoms with E-state index in [0.29, 0.717) is 17.2 Å². The number of pyridine rings is 1. The van der Waals surface area contributed by atoms with E-state index in [1.165, 1.54) is 0 Å². The summed E-state index contributed by atoms with van der Waals surface area (Å²) in [5.41, 5.74) is 1.85. The fourth-order valence-corrected chi connectivity index (χ4v) is 3.67. The van der Waals surface area contributed by atoms with E-state index in [-0.39, 0.29) is 22.9 Å². The maximum Gasteiger partial charge on any atom is 0.263 e. The number of nitrogens with zero attached hydrogens (tertiary/aromatic N) is 1. The summed E-state index contributed by atoms with van der Waals surface area (Å²) in [5, 5.41) is 16.2. The molecule has 0 bridgehead atoms.